The molecule has 0 radical (unpaired) electrons. The third-order valence-corrected chi connectivity index (χ3v) is 8.29. The zero-order valence-electron chi connectivity index (χ0n) is 25.3. The Bertz CT molecular complexity index is 1320. The molecule has 1 unspecified atom stereocenters. The van der Waals surface area contributed by atoms with Crippen molar-refractivity contribution >= 4 is 12.0 Å². The zero-order chi connectivity index (χ0) is 29.3. The summed E-state index contributed by atoms with van der Waals surface area (Å²) >= 11 is 0. The van der Waals surface area contributed by atoms with Gasteiger partial charge >= 0.3 is 5.97 Å². The maximum atomic E-state index is 11.9. The van der Waals surface area contributed by atoms with E-state index in [0.717, 1.165) is 65.7 Å². The normalized spacial score (nSPS) is 12.5. The summed E-state index contributed by atoms with van der Waals surface area (Å²) in [5.41, 5.74) is 8.96. The lowest BCUT2D eigenvalue weighted by Crippen LogP contribution is -2.26. The average molecular weight is 543 g/mol. The second-order valence-electron chi connectivity index (χ2n) is 10.7. The van der Waals surface area contributed by atoms with Gasteiger partial charge in [0.25, 0.3) is 0 Å². The predicted molar refractivity (Wildman–Crippen MR) is 166 cm³/mol. The van der Waals surface area contributed by atoms with E-state index in [4.69, 9.17) is 9.47 Å². The van der Waals surface area contributed by atoms with Gasteiger partial charge in [0.1, 0.15) is 5.75 Å². The third-order valence-electron chi connectivity index (χ3n) is 8.29. The number of unbranched alkanes of at least 4 members (excludes halogenated alkanes) is 1. The van der Waals surface area contributed by atoms with E-state index in [1.165, 1.54) is 23.8 Å². The van der Waals surface area contributed by atoms with Gasteiger partial charge < -0.3 is 14.6 Å². The van der Waals surface area contributed by atoms with Crippen LogP contribution in [0.15, 0.2) is 60.7 Å². The highest BCUT2D eigenvalue weighted by molar-refractivity contribution is 5.77. The maximum absolute atomic E-state index is 11.9. The van der Waals surface area contributed by atoms with Crippen LogP contribution in [0.2, 0.25) is 0 Å². The molecule has 0 aromatic heterocycles. The van der Waals surface area contributed by atoms with E-state index in [0.29, 0.717) is 0 Å². The van der Waals surface area contributed by atoms with E-state index >= 15 is 0 Å². The first-order valence-electron chi connectivity index (χ1n) is 14.6. The predicted octanol–water partition coefficient (Wildman–Crippen LogP) is 8.36. The third kappa shape index (κ3) is 7.03. The molecule has 3 rings (SSSR count). The number of hydrogen-bond donors (Lipinski definition) is 1. The van der Waals surface area contributed by atoms with E-state index < -0.39 is 6.10 Å². The summed E-state index contributed by atoms with van der Waals surface area (Å²) in [6.07, 6.45) is 8.67. The van der Waals surface area contributed by atoms with Gasteiger partial charge in [-0.05, 0) is 84.2 Å². The average Bonchev–Trinajstić information content (AvgIpc) is 2.96. The van der Waals surface area contributed by atoms with Gasteiger partial charge in [0.05, 0.1) is 26.7 Å². The van der Waals surface area contributed by atoms with Crippen LogP contribution in [0.1, 0.15) is 86.3 Å². The van der Waals surface area contributed by atoms with Crippen LogP contribution in [0.25, 0.3) is 17.2 Å². The summed E-state index contributed by atoms with van der Waals surface area (Å²) in [6, 6.07) is 19.4. The van der Waals surface area contributed by atoms with Gasteiger partial charge in [0.2, 0.25) is 0 Å². The summed E-state index contributed by atoms with van der Waals surface area (Å²) in [4.78, 5) is 11.9. The van der Waals surface area contributed by atoms with E-state index in [1.54, 1.807) is 7.11 Å². The van der Waals surface area contributed by atoms with Crippen molar-refractivity contribution in [1.82, 2.24) is 0 Å². The Balaban J connectivity index is 1.99. The van der Waals surface area contributed by atoms with Crippen LogP contribution in [0.4, 0.5) is 0 Å². The van der Waals surface area contributed by atoms with Crippen molar-refractivity contribution in [2.45, 2.75) is 84.7 Å². The zero-order valence-corrected chi connectivity index (χ0v) is 25.3. The Labute approximate surface area is 241 Å². The molecule has 0 aliphatic heterocycles. The van der Waals surface area contributed by atoms with Crippen LogP contribution in [-0.4, -0.2) is 31.4 Å². The molecule has 4 heteroatoms. The second kappa shape index (κ2) is 14.3. The molecular formula is C36H46O4. The van der Waals surface area contributed by atoms with Crippen molar-refractivity contribution in [2.24, 2.45) is 0 Å². The Morgan fingerprint density at radius 1 is 0.900 bits per heavy atom. The lowest BCUT2D eigenvalue weighted by molar-refractivity contribution is -0.139. The fourth-order valence-corrected chi connectivity index (χ4v) is 5.70. The highest BCUT2D eigenvalue weighted by atomic mass is 16.5. The Morgan fingerprint density at radius 3 is 2.15 bits per heavy atom. The molecule has 3 aromatic carbocycles. The number of aliphatic hydroxyl groups is 1. The number of benzene rings is 3. The Hall–Kier alpha value is -3.37. The van der Waals surface area contributed by atoms with E-state index in [1.807, 2.05) is 24.3 Å². The molecule has 0 amide bonds. The highest BCUT2D eigenvalue weighted by Crippen LogP contribution is 2.42. The van der Waals surface area contributed by atoms with Crippen LogP contribution >= 0.6 is 0 Å². The molecule has 3 aromatic rings. The highest BCUT2D eigenvalue weighted by Gasteiger charge is 2.31. The van der Waals surface area contributed by atoms with Crippen LogP contribution in [0.5, 0.6) is 5.75 Å². The van der Waals surface area contributed by atoms with Gasteiger partial charge in [0, 0.05) is 11.0 Å². The number of aliphatic hydroxyl groups excluding tert-OH is 1. The maximum Gasteiger partial charge on any atom is 0.309 e. The van der Waals surface area contributed by atoms with Crippen molar-refractivity contribution in [3.05, 3.63) is 94.1 Å². The number of ether oxygens (including phenoxy) is 2. The molecule has 0 aliphatic rings. The fourth-order valence-electron chi connectivity index (χ4n) is 5.70. The van der Waals surface area contributed by atoms with Gasteiger partial charge in [-0.25, -0.2) is 0 Å². The Kier molecular flexibility index (Phi) is 11.2. The molecule has 0 bridgehead atoms. The largest absolute Gasteiger partial charge is 0.496 e. The van der Waals surface area contributed by atoms with Gasteiger partial charge in [-0.3, -0.25) is 4.79 Å². The van der Waals surface area contributed by atoms with Crippen LogP contribution in [0.3, 0.4) is 0 Å². The topological polar surface area (TPSA) is 55.8 Å². The van der Waals surface area contributed by atoms with Gasteiger partial charge in [-0.15, -0.1) is 0 Å². The van der Waals surface area contributed by atoms with Crippen LogP contribution in [0, 0.1) is 13.8 Å². The van der Waals surface area contributed by atoms with Gasteiger partial charge in [-0.2, -0.15) is 0 Å². The molecule has 0 spiro atoms. The smallest absolute Gasteiger partial charge is 0.309 e. The van der Waals surface area contributed by atoms with Crippen molar-refractivity contribution < 1.29 is 19.4 Å². The minimum Gasteiger partial charge on any atom is -0.496 e. The summed E-state index contributed by atoms with van der Waals surface area (Å²) in [5.74, 6) is 0.518. The Morgan fingerprint density at radius 2 is 1.57 bits per heavy atom. The van der Waals surface area contributed by atoms with Crippen molar-refractivity contribution in [2.75, 3.05) is 14.2 Å². The van der Waals surface area contributed by atoms with Crippen molar-refractivity contribution in [1.29, 1.82) is 0 Å². The number of carbonyl (C=O) groups excluding carboxylic acids is 1. The number of carbonyl (C=O) groups is 1. The molecule has 0 heterocycles. The van der Waals surface area contributed by atoms with Crippen molar-refractivity contribution in [3.8, 4) is 16.9 Å². The lowest BCUT2D eigenvalue weighted by atomic mass is 9.69. The molecule has 0 aliphatic carbocycles. The monoisotopic (exact) mass is 542 g/mol. The summed E-state index contributed by atoms with van der Waals surface area (Å²) in [7, 11) is 3.09. The van der Waals surface area contributed by atoms with E-state index in [-0.39, 0.29) is 17.8 Å². The first-order valence-corrected chi connectivity index (χ1v) is 14.6. The molecule has 214 valence electrons. The molecule has 0 saturated carbocycles. The first-order chi connectivity index (χ1) is 19.2. The first kappa shape index (κ1) is 31.2. The SMILES string of the molecule is CCCCC(O)/C=C/c1ccc(C(CC)(CC)c2ccc(-c3cc(CC(=O)OC)ccc3OC)c(C)c2)cc1C. The number of aryl methyl sites for hydroxylation is 2. The number of rotatable bonds is 13. The second-order valence-corrected chi connectivity index (χ2v) is 10.7. The minimum atomic E-state index is -0.398. The van der Waals surface area contributed by atoms with E-state index in [2.05, 4.69) is 77.1 Å². The summed E-state index contributed by atoms with van der Waals surface area (Å²) in [5, 5.41) is 10.3. The molecule has 4 nitrogen and oxygen atoms in total. The van der Waals surface area contributed by atoms with Crippen LogP contribution < -0.4 is 4.74 Å². The van der Waals surface area contributed by atoms with E-state index in [9.17, 15) is 9.90 Å². The molecule has 1 atom stereocenters. The molecule has 0 fully saturated rings. The van der Waals surface area contributed by atoms with Crippen LogP contribution in [-0.2, 0) is 21.4 Å². The molecular weight excluding hydrogens is 496 g/mol. The quantitative estimate of drug-likeness (QED) is 0.221. The number of methoxy groups -OCH3 is 2. The minimum absolute atomic E-state index is 0.117. The fraction of sp³-hybridized carbons (Fsp3) is 0.417. The van der Waals surface area contributed by atoms with Crippen molar-refractivity contribution in [3.63, 3.8) is 0 Å². The van der Waals surface area contributed by atoms with Gasteiger partial charge in [0.15, 0.2) is 0 Å². The number of hydrogen-bond acceptors (Lipinski definition) is 4. The molecule has 1 N–H and O–H groups in total. The lowest BCUT2D eigenvalue weighted by Gasteiger charge is -2.34. The standard InChI is InChI=1S/C36H46O4/c1-8-11-12-31(37)18-15-28-14-16-29(21-25(28)4)36(9-2,10-3)30-17-19-32(26(5)22-30)33-23-27(24-35(38)40-7)13-20-34(33)39-6/h13-23,31,37H,8-12,24H2,1-7H3/b18-15+. The molecule has 40 heavy (non-hydrogen) atoms. The van der Waals surface area contributed by atoms with Gasteiger partial charge in [-0.1, -0.05) is 88.2 Å². The number of esters is 1. The summed E-state index contributed by atoms with van der Waals surface area (Å²) < 4.78 is 10.6. The molecule has 0 saturated heterocycles. The summed E-state index contributed by atoms with van der Waals surface area (Å²) in [6.45, 7) is 11.0.